The second-order valence-electron chi connectivity index (χ2n) is 5.26. The van der Waals surface area contributed by atoms with E-state index in [1.54, 1.807) is 41.2 Å². The summed E-state index contributed by atoms with van der Waals surface area (Å²) in [7, 11) is 0. The van der Waals surface area contributed by atoms with Crippen LogP contribution in [-0.4, -0.2) is 16.8 Å². The van der Waals surface area contributed by atoms with Crippen LogP contribution in [0, 0.1) is 5.82 Å². The molecule has 120 valence electrons. The Morgan fingerprint density at radius 2 is 2.00 bits per heavy atom. The van der Waals surface area contributed by atoms with E-state index >= 15 is 0 Å². The van der Waals surface area contributed by atoms with Gasteiger partial charge in [-0.3, -0.25) is 10.7 Å². The molecule has 1 N–H and O–H groups in total. The average molecular weight is 404 g/mol. The van der Waals surface area contributed by atoms with Gasteiger partial charge in [0, 0.05) is 17.7 Å². The molecule has 1 aliphatic heterocycles. The number of thiocarbonyl (C=S) groups is 1. The van der Waals surface area contributed by atoms with Crippen molar-refractivity contribution in [2.75, 3.05) is 0 Å². The van der Waals surface area contributed by atoms with Crippen molar-refractivity contribution >= 4 is 44.9 Å². The first-order chi connectivity index (χ1) is 11.5. The smallest absolute Gasteiger partial charge is 0.295 e. The average Bonchev–Trinajstić information content (AvgIpc) is 2.57. The van der Waals surface area contributed by atoms with E-state index in [2.05, 4.69) is 27.1 Å². The number of hydrogen-bond acceptors (Lipinski definition) is 2. The van der Waals surface area contributed by atoms with Gasteiger partial charge in [-0.2, -0.15) is 4.57 Å². The minimum absolute atomic E-state index is 0.112. The Hall–Kier alpha value is -2.21. The van der Waals surface area contributed by atoms with Gasteiger partial charge >= 0.3 is 0 Å². The Morgan fingerprint density at radius 3 is 2.62 bits per heavy atom. The lowest BCUT2D eigenvalue weighted by Crippen LogP contribution is -2.56. The summed E-state index contributed by atoms with van der Waals surface area (Å²) in [5.41, 5.74) is 0.919. The molecule has 1 amide bonds. The topological polar surface area (TPSA) is 55.3 Å². The van der Waals surface area contributed by atoms with Crippen LogP contribution in [0.5, 0.6) is 0 Å². The maximum absolute atomic E-state index is 13.6. The first-order valence-electron chi connectivity index (χ1n) is 7.06. The number of rotatable bonds is 2. The van der Waals surface area contributed by atoms with Gasteiger partial charge in [0.2, 0.25) is 6.04 Å². The number of nitrogens with one attached hydrogen (secondary N) is 1. The van der Waals surface area contributed by atoms with Crippen LogP contribution in [-0.2, 0) is 4.79 Å². The molecule has 1 aliphatic rings. The third-order valence-corrected chi connectivity index (χ3v) is 4.79. The van der Waals surface area contributed by atoms with Gasteiger partial charge in [-0.15, -0.1) is 0 Å². The normalized spacial score (nSPS) is 20.5. The quantitative estimate of drug-likeness (QED) is 0.362. The molecule has 0 bridgehead atoms. The molecule has 0 spiro atoms. The lowest BCUT2D eigenvalue weighted by Gasteiger charge is -2.30. The largest absolute Gasteiger partial charge is 0.763 e. The van der Waals surface area contributed by atoms with E-state index in [0.29, 0.717) is 5.56 Å². The van der Waals surface area contributed by atoms with Crippen LogP contribution in [0.3, 0.4) is 0 Å². The molecule has 2 atom stereocenters. The van der Waals surface area contributed by atoms with Crippen LogP contribution in [0.4, 0.5) is 4.39 Å². The molecular weight excluding hydrogens is 393 g/mol. The molecule has 24 heavy (non-hydrogen) atoms. The van der Waals surface area contributed by atoms with Gasteiger partial charge < -0.3 is 10.7 Å². The molecule has 1 unspecified atom stereocenters. The monoisotopic (exact) mass is 403 g/mol. The fourth-order valence-electron chi connectivity index (χ4n) is 2.78. The van der Waals surface area contributed by atoms with Gasteiger partial charge in [-0.1, -0.05) is 24.4 Å². The lowest BCUT2D eigenvalue weighted by atomic mass is 9.82. The third kappa shape index (κ3) is 2.94. The van der Waals surface area contributed by atoms with Crippen molar-refractivity contribution in [1.29, 1.82) is 0 Å². The predicted molar refractivity (Wildman–Crippen MR) is 95.1 cm³/mol. The van der Waals surface area contributed by atoms with Gasteiger partial charge in [0.1, 0.15) is 10.8 Å². The van der Waals surface area contributed by atoms with E-state index in [-0.39, 0.29) is 20.9 Å². The van der Waals surface area contributed by atoms with Gasteiger partial charge in [0.15, 0.2) is 12.4 Å². The first kappa shape index (κ1) is 16.6. The van der Waals surface area contributed by atoms with Crippen molar-refractivity contribution in [2.24, 2.45) is 0 Å². The van der Waals surface area contributed by atoms with Crippen molar-refractivity contribution in [1.82, 2.24) is 5.32 Å². The highest BCUT2D eigenvalue weighted by Gasteiger charge is 2.45. The summed E-state index contributed by atoms with van der Waals surface area (Å²) in [6.07, 6.45) is 3.50. The highest BCUT2D eigenvalue weighted by atomic mass is 79.9. The number of amides is 1. The number of aromatic nitrogens is 1. The summed E-state index contributed by atoms with van der Waals surface area (Å²) in [5, 5.41) is 12.1. The zero-order valence-electron chi connectivity index (χ0n) is 12.2. The van der Waals surface area contributed by atoms with E-state index in [1.807, 2.05) is 6.07 Å². The molecule has 1 saturated heterocycles. The maximum Gasteiger partial charge on any atom is 0.295 e. The van der Waals surface area contributed by atoms with Crippen LogP contribution in [0.2, 0.25) is 0 Å². The first-order valence-corrected chi connectivity index (χ1v) is 8.26. The number of benzene rings is 1. The van der Waals surface area contributed by atoms with Crippen molar-refractivity contribution in [3.63, 3.8) is 0 Å². The predicted octanol–water partition coefficient (Wildman–Crippen LogP) is 2.82. The number of pyridine rings is 1. The molecule has 3 rings (SSSR count). The molecule has 0 aliphatic carbocycles. The van der Waals surface area contributed by atoms with Crippen molar-refractivity contribution in [2.45, 2.75) is 12.0 Å². The second kappa shape index (κ2) is 6.73. The fraction of sp³-hybridized carbons (Fsp3) is 0.118. The number of piperidine rings is 1. The summed E-state index contributed by atoms with van der Waals surface area (Å²) in [6, 6.07) is 9.18. The van der Waals surface area contributed by atoms with Crippen molar-refractivity contribution in [3.05, 3.63) is 75.6 Å². The standard InChI is InChI=1S/C17H11BrFN3OS/c18-12-8-10(4-5-13(12)19)14-11(9-20)17(24)21-16(23)15(14)22-6-2-1-3-7-22/h1-8,14-15H,(H,21,23,24)/t14?,15-/m0/s1. The second-order valence-corrected chi connectivity index (χ2v) is 6.53. The van der Waals surface area contributed by atoms with E-state index in [4.69, 9.17) is 12.2 Å². The number of halogens is 2. The molecule has 0 saturated carbocycles. The SMILES string of the molecule is [N-]=C=C1C(=S)NC(=O)[C@@H]([n+]2ccccc2)C1c1ccc(F)c(Br)c1. The molecule has 1 aromatic heterocycles. The molecule has 7 heteroatoms. The van der Waals surface area contributed by atoms with E-state index in [1.165, 1.54) is 6.07 Å². The molecule has 2 aromatic rings. The Bertz CT molecular complexity index is 881. The zero-order chi connectivity index (χ0) is 17.3. The molecule has 0 radical (unpaired) electrons. The molecular formula is C17H11BrFN3OS. The number of nitrogens with zero attached hydrogens (tertiary/aromatic N) is 2. The van der Waals surface area contributed by atoms with Crippen LogP contribution in [0.25, 0.3) is 5.41 Å². The van der Waals surface area contributed by atoms with Gasteiger partial charge in [-0.05, 0) is 33.6 Å². The third-order valence-electron chi connectivity index (χ3n) is 3.86. The molecule has 4 nitrogen and oxygen atoms in total. The van der Waals surface area contributed by atoms with Crippen molar-refractivity contribution in [3.8, 4) is 0 Å². The van der Waals surface area contributed by atoms with E-state index in [0.717, 1.165) is 0 Å². The number of carbonyl (C=O) groups is 1. The lowest BCUT2D eigenvalue weighted by molar-refractivity contribution is -0.711. The van der Waals surface area contributed by atoms with Gasteiger partial charge in [0.25, 0.3) is 5.91 Å². The Labute approximate surface area is 151 Å². The summed E-state index contributed by atoms with van der Waals surface area (Å²) in [5.74, 6) is 0.780. The van der Waals surface area contributed by atoms with Crippen molar-refractivity contribution < 1.29 is 13.8 Å². The zero-order valence-corrected chi connectivity index (χ0v) is 14.6. The number of carbonyl (C=O) groups excluding carboxylic acids is 1. The molecule has 1 fully saturated rings. The summed E-state index contributed by atoms with van der Waals surface area (Å²) >= 11 is 8.31. The van der Waals surface area contributed by atoms with E-state index in [9.17, 15) is 14.6 Å². The minimum atomic E-state index is -0.690. The van der Waals surface area contributed by atoms with Gasteiger partial charge in [-0.25, -0.2) is 4.39 Å². The van der Waals surface area contributed by atoms with Crippen LogP contribution in [0.1, 0.15) is 17.5 Å². The fourth-order valence-corrected chi connectivity index (χ4v) is 3.45. The minimum Gasteiger partial charge on any atom is -0.763 e. The highest BCUT2D eigenvalue weighted by molar-refractivity contribution is 9.10. The number of hydrogen-bond donors (Lipinski definition) is 1. The van der Waals surface area contributed by atoms with Crippen LogP contribution in [0.15, 0.2) is 58.8 Å². The highest BCUT2D eigenvalue weighted by Crippen LogP contribution is 2.36. The van der Waals surface area contributed by atoms with Gasteiger partial charge in [0.05, 0.1) is 10.4 Å². The summed E-state index contributed by atoms with van der Waals surface area (Å²) in [6.45, 7) is 0. The van der Waals surface area contributed by atoms with Crippen LogP contribution >= 0.6 is 28.1 Å². The summed E-state index contributed by atoms with van der Waals surface area (Å²) < 4.78 is 15.6. The molecule has 1 aromatic carbocycles. The van der Waals surface area contributed by atoms with E-state index < -0.39 is 17.8 Å². The Kier molecular flexibility index (Phi) is 4.66. The Balaban J connectivity index is 2.20. The summed E-state index contributed by atoms with van der Waals surface area (Å²) in [4.78, 5) is 12.7. The Morgan fingerprint density at radius 1 is 1.29 bits per heavy atom. The molecule has 2 heterocycles. The van der Waals surface area contributed by atoms with Crippen LogP contribution < -0.4 is 9.88 Å². The maximum atomic E-state index is 13.6.